The second-order valence-corrected chi connectivity index (χ2v) is 7.09. The molecule has 0 aliphatic rings. The molecule has 108 valence electrons. The third kappa shape index (κ3) is 3.04. The summed E-state index contributed by atoms with van der Waals surface area (Å²) in [4.78, 5) is 12.8. The van der Waals surface area contributed by atoms with Crippen LogP contribution in [0.4, 0.5) is 5.95 Å². The lowest BCUT2D eigenvalue weighted by atomic mass is 10.2. The maximum Gasteiger partial charge on any atom is 0.225 e. The van der Waals surface area contributed by atoms with Crippen molar-refractivity contribution in [1.29, 1.82) is 0 Å². The van der Waals surface area contributed by atoms with Crippen molar-refractivity contribution in [2.75, 3.05) is 11.9 Å². The third-order valence-corrected chi connectivity index (χ3v) is 5.24. The maximum absolute atomic E-state index is 4.69. The monoisotopic (exact) mass is 315 g/mol. The van der Waals surface area contributed by atoms with Crippen LogP contribution in [0.3, 0.4) is 0 Å². The topological polar surface area (TPSA) is 37.8 Å². The van der Waals surface area contributed by atoms with E-state index in [4.69, 9.17) is 0 Å². The van der Waals surface area contributed by atoms with Crippen LogP contribution in [0.25, 0.3) is 10.2 Å². The highest BCUT2D eigenvalue weighted by Gasteiger charge is 2.12. The number of rotatable bonds is 4. The van der Waals surface area contributed by atoms with Gasteiger partial charge in [0.05, 0.1) is 0 Å². The Labute approximate surface area is 132 Å². The number of benzene rings is 1. The van der Waals surface area contributed by atoms with Crippen LogP contribution >= 0.6 is 23.1 Å². The van der Waals surface area contributed by atoms with E-state index in [1.165, 1.54) is 15.3 Å². The summed E-state index contributed by atoms with van der Waals surface area (Å²) in [6.07, 6.45) is 0. The molecule has 3 aromatic rings. The highest BCUT2D eigenvalue weighted by Crippen LogP contribution is 2.36. The van der Waals surface area contributed by atoms with Crippen LogP contribution in [0.2, 0.25) is 0 Å². The fourth-order valence-electron chi connectivity index (χ4n) is 2.11. The normalized spacial score (nSPS) is 11.0. The lowest BCUT2D eigenvalue weighted by Crippen LogP contribution is -2.02. The van der Waals surface area contributed by atoms with E-state index < -0.39 is 0 Å². The van der Waals surface area contributed by atoms with Crippen molar-refractivity contribution in [3.05, 3.63) is 40.8 Å². The van der Waals surface area contributed by atoms with Gasteiger partial charge in [-0.25, -0.2) is 9.97 Å². The molecule has 1 N–H and O–H groups in total. The molecular weight excluding hydrogens is 298 g/mol. The number of aryl methyl sites for hydroxylation is 2. The fourth-order valence-corrected chi connectivity index (χ4v) is 4.03. The smallest absolute Gasteiger partial charge is 0.225 e. The van der Waals surface area contributed by atoms with E-state index in [1.54, 1.807) is 23.1 Å². The second-order valence-electron chi connectivity index (χ2n) is 4.83. The predicted octanol–water partition coefficient (Wildman–Crippen LogP) is 4.89. The molecule has 0 fully saturated rings. The number of nitrogens with one attached hydrogen (secondary N) is 1. The molecule has 3 rings (SSSR count). The highest BCUT2D eigenvalue weighted by atomic mass is 32.2. The largest absolute Gasteiger partial charge is 0.354 e. The lowest BCUT2D eigenvalue weighted by Gasteiger charge is -2.08. The van der Waals surface area contributed by atoms with Gasteiger partial charge in [0.1, 0.15) is 9.86 Å². The summed E-state index contributed by atoms with van der Waals surface area (Å²) in [5.74, 6) is 0.711. The molecule has 0 amide bonds. The number of hydrogen-bond acceptors (Lipinski definition) is 5. The summed E-state index contributed by atoms with van der Waals surface area (Å²) in [6.45, 7) is 7.12. The van der Waals surface area contributed by atoms with E-state index in [1.807, 2.05) is 0 Å². The Hall–Kier alpha value is -1.59. The number of thiophene rings is 1. The summed E-state index contributed by atoms with van der Waals surface area (Å²) in [7, 11) is 0. The van der Waals surface area contributed by atoms with Gasteiger partial charge in [0.15, 0.2) is 0 Å². The van der Waals surface area contributed by atoms with E-state index in [0.717, 1.165) is 21.8 Å². The SMILES string of the molecule is CCNc1nc(Sc2ccccc2C)c2cc(C)sc2n1. The first-order valence-electron chi connectivity index (χ1n) is 6.93. The van der Waals surface area contributed by atoms with Crippen LogP contribution in [-0.2, 0) is 0 Å². The molecule has 1 aromatic carbocycles. The summed E-state index contributed by atoms with van der Waals surface area (Å²) in [5.41, 5.74) is 1.27. The molecule has 0 saturated carbocycles. The van der Waals surface area contributed by atoms with Crippen LogP contribution in [0.15, 0.2) is 40.3 Å². The molecular formula is C16H17N3S2. The number of hydrogen-bond donors (Lipinski definition) is 1. The van der Waals surface area contributed by atoms with Crippen LogP contribution in [0.5, 0.6) is 0 Å². The lowest BCUT2D eigenvalue weighted by molar-refractivity contribution is 1.05. The first-order valence-corrected chi connectivity index (χ1v) is 8.56. The molecule has 0 unspecified atom stereocenters. The third-order valence-electron chi connectivity index (χ3n) is 3.12. The van der Waals surface area contributed by atoms with Crippen molar-refractivity contribution < 1.29 is 0 Å². The van der Waals surface area contributed by atoms with Gasteiger partial charge in [-0.05, 0) is 38.5 Å². The zero-order chi connectivity index (χ0) is 14.8. The van der Waals surface area contributed by atoms with Crippen molar-refractivity contribution in [2.24, 2.45) is 0 Å². The molecule has 2 aromatic heterocycles. The van der Waals surface area contributed by atoms with Gasteiger partial charge in [0.25, 0.3) is 0 Å². The van der Waals surface area contributed by atoms with Crippen LogP contribution < -0.4 is 5.32 Å². The van der Waals surface area contributed by atoms with Crippen molar-refractivity contribution >= 4 is 39.3 Å². The summed E-state index contributed by atoms with van der Waals surface area (Å²) >= 11 is 3.43. The van der Waals surface area contributed by atoms with Crippen LogP contribution in [-0.4, -0.2) is 16.5 Å². The number of aromatic nitrogens is 2. The average Bonchev–Trinajstić information content (AvgIpc) is 2.82. The van der Waals surface area contributed by atoms with Crippen molar-refractivity contribution in [3.8, 4) is 0 Å². The molecule has 0 radical (unpaired) electrons. The molecule has 21 heavy (non-hydrogen) atoms. The molecule has 2 heterocycles. The first-order chi connectivity index (χ1) is 10.2. The van der Waals surface area contributed by atoms with E-state index in [9.17, 15) is 0 Å². The van der Waals surface area contributed by atoms with Gasteiger partial charge in [0, 0.05) is 21.7 Å². The Morgan fingerprint density at radius 3 is 2.76 bits per heavy atom. The molecule has 0 spiro atoms. The standard InChI is InChI=1S/C16H17N3S2/c1-4-17-16-18-14-12(9-11(3)20-14)15(19-16)21-13-8-6-5-7-10(13)2/h5-9H,4H2,1-3H3,(H,17,18,19). The van der Waals surface area contributed by atoms with Crippen LogP contribution in [0, 0.1) is 13.8 Å². The van der Waals surface area contributed by atoms with E-state index in [2.05, 4.69) is 66.4 Å². The maximum atomic E-state index is 4.69. The number of anilines is 1. The van der Waals surface area contributed by atoms with Crippen molar-refractivity contribution in [3.63, 3.8) is 0 Å². The summed E-state index contributed by atoms with van der Waals surface area (Å²) < 4.78 is 0. The molecule has 0 bridgehead atoms. The highest BCUT2D eigenvalue weighted by molar-refractivity contribution is 7.99. The van der Waals surface area contributed by atoms with Gasteiger partial charge >= 0.3 is 0 Å². The number of nitrogens with zero attached hydrogens (tertiary/aromatic N) is 2. The predicted molar refractivity (Wildman–Crippen MR) is 91.6 cm³/mol. The van der Waals surface area contributed by atoms with Gasteiger partial charge in [-0.15, -0.1) is 11.3 Å². The molecule has 0 saturated heterocycles. The van der Waals surface area contributed by atoms with Gasteiger partial charge in [-0.2, -0.15) is 0 Å². The molecule has 0 aliphatic heterocycles. The summed E-state index contributed by atoms with van der Waals surface area (Å²) in [6, 6.07) is 10.6. The second kappa shape index (κ2) is 6.03. The quantitative estimate of drug-likeness (QED) is 0.696. The molecule has 3 nitrogen and oxygen atoms in total. The van der Waals surface area contributed by atoms with Gasteiger partial charge < -0.3 is 5.32 Å². The van der Waals surface area contributed by atoms with Gasteiger partial charge in [-0.1, -0.05) is 30.0 Å². The molecule has 0 atom stereocenters. The Kier molecular flexibility index (Phi) is 4.12. The van der Waals surface area contributed by atoms with Crippen molar-refractivity contribution in [1.82, 2.24) is 9.97 Å². The zero-order valence-corrected chi connectivity index (χ0v) is 13.9. The minimum atomic E-state index is 0.711. The van der Waals surface area contributed by atoms with E-state index in [0.29, 0.717) is 5.95 Å². The van der Waals surface area contributed by atoms with E-state index in [-0.39, 0.29) is 0 Å². The minimum absolute atomic E-state index is 0.711. The molecule has 0 aliphatic carbocycles. The zero-order valence-electron chi connectivity index (χ0n) is 12.3. The fraction of sp³-hybridized carbons (Fsp3) is 0.250. The average molecular weight is 315 g/mol. The number of fused-ring (bicyclic) bond motifs is 1. The van der Waals surface area contributed by atoms with Gasteiger partial charge in [0.2, 0.25) is 5.95 Å². The Morgan fingerprint density at radius 1 is 1.19 bits per heavy atom. The Morgan fingerprint density at radius 2 is 2.00 bits per heavy atom. The van der Waals surface area contributed by atoms with Crippen LogP contribution in [0.1, 0.15) is 17.4 Å². The molecule has 5 heteroatoms. The Balaban J connectivity index is 2.09. The summed E-state index contributed by atoms with van der Waals surface area (Å²) in [5, 5.41) is 5.39. The Bertz CT molecular complexity index is 780. The van der Waals surface area contributed by atoms with Crippen molar-refractivity contribution in [2.45, 2.75) is 30.7 Å². The minimum Gasteiger partial charge on any atom is -0.354 e. The van der Waals surface area contributed by atoms with Gasteiger partial charge in [-0.3, -0.25) is 0 Å². The first kappa shape index (κ1) is 14.4. The van der Waals surface area contributed by atoms with E-state index >= 15 is 0 Å².